The molecule has 1 N–H and O–H groups in total. The third-order valence-corrected chi connectivity index (χ3v) is 6.99. The first-order valence-electron chi connectivity index (χ1n) is 8.85. The molecule has 0 bridgehead atoms. The summed E-state index contributed by atoms with van der Waals surface area (Å²) in [4.78, 5) is 2.79. The molecule has 1 aromatic carbocycles. The van der Waals surface area contributed by atoms with Gasteiger partial charge in [-0.3, -0.25) is 4.99 Å². The van der Waals surface area contributed by atoms with Crippen molar-refractivity contribution in [2.45, 2.75) is 54.2 Å². The monoisotopic (exact) mass is 437 g/mol. The first-order valence-corrected chi connectivity index (χ1v) is 10.3. The van der Waals surface area contributed by atoms with Crippen LogP contribution < -0.4 is 4.74 Å². The van der Waals surface area contributed by atoms with Crippen LogP contribution in [0.4, 0.5) is 22.0 Å². The van der Waals surface area contributed by atoms with Crippen LogP contribution >= 0.6 is 0 Å². The third-order valence-electron chi connectivity index (χ3n) is 5.45. The van der Waals surface area contributed by atoms with E-state index in [0.717, 1.165) is 30.1 Å². The van der Waals surface area contributed by atoms with Crippen molar-refractivity contribution in [3.8, 4) is 5.75 Å². The number of halogens is 5. The summed E-state index contributed by atoms with van der Waals surface area (Å²) < 4.78 is 97.0. The van der Waals surface area contributed by atoms with Crippen LogP contribution in [0, 0.1) is 0 Å². The van der Waals surface area contributed by atoms with E-state index in [1.165, 1.54) is 0 Å². The lowest BCUT2D eigenvalue weighted by Gasteiger charge is -2.26. The van der Waals surface area contributed by atoms with Crippen LogP contribution in [-0.4, -0.2) is 43.8 Å². The Labute approximate surface area is 162 Å². The van der Waals surface area contributed by atoms with E-state index in [1.54, 1.807) is 6.21 Å². The standard InChI is InChI=1S/C18H16F5NO4S/c19-17(20)6-10-13(28-12-3-1-2-9-7-24-8-11(9)12)4-5-14(15(10)16(17)25)29(26,27)18(21,22)23/h4-5,7,12,16,25H,1-3,6,8H2/t12-,16-/m0/s1. The van der Waals surface area contributed by atoms with E-state index in [0.29, 0.717) is 19.0 Å². The van der Waals surface area contributed by atoms with E-state index in [2.05, 4.69) is 4.99 Å². The van der Waals surface area contributed by atoms with Crippen molar-refractivity contribution in [1.29, 1.82) is 0 Å². The van der Waals surface area contributed by atoms with E-state index in [4.69, 9.17) is 4.74 Å². The van der Waals surface area contributed by atoms with Crippen molar-refractivity contribution in [1.82, 2.24) is 0 Å². The Bertz CT molecular complexity index is 1030. The molecule has 2 aliphatic carbocycles. The van der Waals surface area contributed by atoms with Crippen molar-refractivity contribution in [3.05, 3.63) is 34.4 Å². The van der Waals surface area contributed by atoms with Crippen molar-refractivity contribution in [3.63, 3.8) is 0 Å². The number of rotatable bonds is 3. The topological polar surface area (TPSA) is 76.0 Å². The van der Waals surface area contributed by atoms with Crippen LogP contribution in [0.2, 0.25) is 0 Å². The Hall–Kier alpha value is -2.01. The molecule has 0 radical (unpaired) electrons. The molecule has 11 heteroatoms. The minimum atomic E-state index is -5.93. The Morgan fingerprint density at radius 3 is 2.66 bits per heavy atom. The molecular formula is C18H16F5NO4S. The quantitative estimate of drug-likeness (QED) is 0.735. The summed E-state index contributed by atoms with van der Waals surface area (Å²) in [6.07, 6.45) is -0.446. The molecule has 0 saturated heterocycles. The highest BCUT2D eigenvalue weighted by Crippen LogP contribution is 2.51. The van der Waals surface area contributed by atoms with E-state index in [-0.39, 0.29) is 5.75 Å². The second kappa shape index (κ2) is 6.49. The number of sulfone groups is 1. The molecule has 0 aromatic heterocycles. The molecule has 1 aliphatic heterocycles. The van der Waals surface area contributed by atoms with Crippen LogP contribution in [0.15, 0.2) is 33.2 Å². The van der Waals surface area contributed by atoms with Crippen molar-refractivity contribution in [2.24, 2.45) is 4.99 Å². The van der Waals surface area contributed by atoms with Crippen LogP contribution in [0.5, 0.6) is 5.75 Å². The van der Waals surface area contributed by atoms with Gasteiger partial charge in [0.1, 0.15) is 18.0 Å². The summed E-state index contributed by atoms with van der Waals surface area (Å²) in [5.41, 5.74) is -5.19. The summed E-state index contributed by atoms with van der Waals surface area (Å²) in [5, 5.41) is 9.93. The van der Waals surface area contributed by atoms with Crippen molar-refractivity contribution in [2.75, 3.05) is 6.54 Å². The summed E-state index contributed by atoms with van der Waals surface area (Å²) >= 11 is 0. The fourth-order valence-corrected chi connectivity index (χ4v) is 5.05. The van der Waals surface area contributed by atoms with Gasteiger partial charge < -0.3 is 9.84 Å². The average molecular weight is 437 g/mol. The van der Waals surface area contributed by atoms with Gasteiger partial charge in [0.2, 0.25) is 0 Å². The van der Waals surface area contributed by atoms with Gasteiger partial charge in [-0.25, -0.2) is 17.2 Å². The van der Waals surface area contributed by atoms with Gasteiger partial charge in [-0.05, 0) is 42.5 Å². The Balaban J connectivity index is 1.80. The van der Waals surface area contributed by atoms with Crippen LogP contribution in [0.3, 0.4) is 0 Å². The number of allylic oxidation sites excluding steroid dienone is 1. The van der Waals surface area contributed by atoms with E-state index >= 15 is 0 Å². The number of aliphatic hydroxyl groups is 1. The molecule has 0 saturated carbocycles. The van der Waals surface area contributed by atoms with Crippen LogP contribution in [0.25, 0.3) is 0 Å². The fraction of sp³-hybridized carbons (Fsp3) is 0.500. The Morgan fingerprint density at radius 1 is 1.24 bits per heavy atom. The van der Waals surface area contributed by atoms with Gasteiger partial charge in [-0.1, -0.05) is 0 Å². The molecule has 2 atom stereocenters. The molecule has 0 spiro atoms. The van der Waals surface area contributed by atoms with Crippen LogP contribution in [0.1, 0.15) is 36.5 Å². The molecular weight excluding hydrogens is 421 g/mol. The summed E-state index contributed by atoms with van der Waals surface area (Å²) in [6.45, 7) is 0.390. The predicted molar refractivity (Wildman–Crippen MR) is 91.9 cm³/mol. The molecule has 0 unspecified atom stereocenters. The Kier molecular flexibility index (Phi) is 4.54. The SMILES string of the molecule is O=S(=O)(c1ccc(O[C@H]2CCCC3=C2CN=C3)c2c1[C@H](O)C(F)(F)C2)C(F)(F)F. The average Bonchev–Trinajstić information content (AvgIpc) is 3.18. The maximum atomic E-state index is 14.2. The molecule has 5 nitrogen and oxygen atoms in total. The van der Waals surface area contributed by atoms with E-state index < -0.39 is 55.9 Å². The number of aliphatic imine (C=N–C) groups is 1. The van der Waals surface area contributed by atoms with Gasteiger partial charge in [0.15, 0.2) is 0 Å². The number of alkyl halides is 5. The smallest absolute Gasteiger partial charge is 0.486 e. The first kappa shape index (κ1) is 20.3. The second-order valence-electron chi connectivity index (χ2n) is 7.26. The van der Waals surface area contributed by atoms with Gasteiger partial charge in [-0.15, -0.1) is 0 Å². The highest BCUT2D eigenvalue weighted by atomic mass is 32.2. The second-order valence-corrected chi connectivity index (χ2v) is 9.17. The highest BCUT2D eigenvalue weighted by Gasteiger charge is 2.55. The third kappa shape index (κ3) is 3.14. The lowest BCUT2D eigenvalue weighted by atomic mass is 9.91. The number of fused-ring (bicyclic) bond motifs is 1. The predicted octanol–water partition coefficient (Wildman–Crippen LogP) is 3.52. The maximum Gasteiger partial charge on any atom is 0.501 e. The summed E-state index contributed by atoms with van der Waals surface area (Å²) in [6, 6.07) is 1.53. The molecule has 3 aliphatic rings. The fourth-order valence-electron chi connectivity index (χ4n) is 4.03. The number of hydrogen-bond acceptors (Lipinski definition) is 5. The number of ether oxygens (including phenoxy) is 1. The molecule has 1 heterocycles. The number of nitrogens with zero attached hydrogens (tertiary/aromatic N) is 1. The molecule has 4 rings (SSSR count). The zero-order valence-corrected chi connectivity index (χ0v) is 15.7. The van der Waals surface area contributed by atoms with Crippen LogP contribution in [-0.2, 0) is 16.3 Å². The number of hydrogen-bond donors (Lipinski definition) is 1. The van der Waals surface area contributed by atoms with E-state index in [9.17, 15) is 35.5 Å². The van der Waals surface area contributed by atoms with Gasteiger partial charge in [-0.2, -0.15) is 13.2 Å². The minimum absolute atomic E-state index is 0.150. The normalized spacial score (nSPS) is 25.9. The lowest BCUT2D eigenvalue weighted by Crippen LogP contribution is -2.27. The number of aliphatic hydroxyl groups excluding tert-OH is 1. The zero-order chi connectivity index (χ0) is 21.2. The highest BCUT2D eigenvalue weighted by molar-refractivity contribution is 7.92. The summed E-state index contributed by atoms with van der Waals surface area (Å²) in [7, 11) is -5.93. The van der Waals surface area contributed by atoms with Gasteiger partial charge in [0.05, 0.1) is 11.4 Å². The minimum Gasteiger partial charge on any atom is -0.486 e. The zero-order valence-electron chi connectivity index (χ0n) is 14.8. The van der Waals surface area contributed by atoms with Gasteiger partial charge in [0.25, 0.3) is 15.8 Å². The van der Waals surface area contributed by atoms with Gasteiger partial charge >= 0.3 is 5.51 Å². The molecule has 158 valence electrons. The van der Waals surface area contributed by atoms with Crippen molar-refractivity contribution >= 4 is 16.1 Å². The number of benzene rings is 1. The van der Waals surface area contributed by atoms with E-state index in [1.807, 2.05) is 0 Å². The molecule has 0 amide bonds. The largest absolute Gasteiger partial charge is 0.501 e. The summed E-state index contributed by atoms with van der Waals surface area (Å²) in [5.74, 6) is -3.96. The first-order chi connectivity index (χ1) is 13.4. The maximum absolute atomic E-state index is 14.2. The molecule has 1 aromatic rings. The van der Waals surface area contributed by atoms with Gasteiger partial charge in [0, 0.05) is 23.8 Å². The molecule has 29 heavy (non-hydrogen) atoms. The van der Waals surface area contributed by atoms with Crippen molar-refractivity contribution < 1.29 is 40.2 Å². The molecule has 0 fully saturated rings. The Morgan fingerprint density at radius 2 is 1.97 bits per heavy atom. The lowest BCUT2D eigenvalue weighted by molar-refractivity contribution is -0.0978.